The number of nitrogens with two attached hydrogens (primary N) is 1. The van der Waals surface area contributed by atoms with Gasteiger partial charge in [-0.3, -0.25) is 0 Å². The van der Waals surface area contributed by atoms with E-state index in [1.54, 1.807) is 6.07 Å². The number of hydrogen-bond donors (Lipinski definition) is 2. The molecule has 3 rings (SSSR count). The van der Waals surface area contributed by atoms with E-state index in [0.717, 1.165) is 43.0 Å². The van der Waals surface area contributed by atoms with Crippen LogP contribution >= 0.6 is 0 Å². The van der Waals surface area contributed by atoms with Crippen LogP contribution in [0.15, 0.2) is 30.5 Å². The molecule has 1 aromatic heterocycles. The number of phenolic OH excluding ortho intramolecular Hbond substituents is 1. The molecule has 1 aliphatic heterocycles. The Labute approximate surface area is 131 Å². The van der Waals surface area contributed by atoms with Crippen LogP contribution < -0.4 is 10.6 Å². The highest BCUT2D eigenvalue weighted by Crippen LogP contribution is 2.33. The third kappa shape index (κ3) is 2.68. The van der Waals surface area contributed by atoms with Gasteiger partial charge in [-0.05, 0) is 30.9 Å². The fraction of sp³-hybridized carbons (Fsp3) is 0.471. The molecule has 0 aliphatic carbocycles. The highest BCUT2D eigenvalue weighted by Gasteiger charge is 2.24. The van der Waals surface area contributed by atoms with Crippen molar-refractivity contribution >= 4 is 5.69 Å². The van der Waals surface area contributed by atoms with Gasteiger partial charge in [-0.15, -0.1) is 0 Å². The summed E-state index contributed by atoms with van der Waals surface area (Å²) >= 11 is 0. The summed E-state index contributed by atoms with van der Waals surface area (Å²) < 4.78 is 1.86. The van der Waals surface area contributed by atoms with E-state index in [0.29, 0.717) is 12.0 Å². The third-order valence-electron chi connectivity index (χ3n) is 4.32. The monoisotopic (exact) mass is 300 g/mol. The van der Waals surface area contributed by atoms with Crippen molar-refractivity contribution < 1.29 is 5.11 Å². The van der Waals surface area contributed by atoms with E-state index in [-0.39, 0.29) is 5.75 Å². The zero-order chi connectivity index (χ0) is 15.7. The normalized spacial score (nSPS) is 16.5. The summed E-state index contributed by atoms with van der Waals surface area (Å²) in [5, 5.41) is 14.7. The SMILES string of the molecule is CC(C)c1c(N2CCC(N)CC2)cnn1-c1ccccc1O. The lowest BCUT2D eigenvalue weighted by molar-refractivity contribution is 0.469. The van der Waals surface area contributed by atoms with E-state index in [1.807, 2.05) is 29.1 Å². The van der Waals surface area contributed by atoms with Gasteiger partial charge in [-0.25, -0.2) is 4.68 Å². The van der Waals surface area contributed by atoms with E-state index < -0.39 is 0 Å². The Morgan fingerprint density at radius 1 is 1.18 bits per heavy atom. The Bertz CT molecular complexity index is 642. The maximum Gasteiger partial charge on any atom is 0.141 e. The molecule has 0 unspecified atom stereocenters. The van der Waals surface area contributed by atoms with Crippen molar-refractivity contribution in [2.24, 2.45) is 5.73 Å². The van der Waals surface area contributed by atoms with Gasteiger partial charge in [-0.1, -0.05) is 26.0 Å². The number of hydrogen-bond acceptors (Lipinski definition) is 4. The first-order chi connectivity index (χ1) is 10.6. The van der Waals surface area contributed by atoms with Crippen LogP contribution in [0.5, 0.6) is 5.75 Å². The molecule has 3 N–H and O–H groups in total. The molecule has 0 atom stereocenters. The average molecular weight is 300 g/mol. The lowest BCUT2D eigenvalue weighted by Crippen LogP contribution is -2.40. The van der Waals surface area contributed by atoms with Crippen LogP contribution in [0.2, 0.25) is 0 Å². The zero-order valence-electron chi connectivity index (χ0n) is 13.2. The number of phenols is 1. The van der Waals surface area contributed by atoms with Gasteiger partial charge >= 0.3 is 0 Å². The molecule has 118 valence electrons. The van der Waals surface area contributed by atoms with Crippen molar-refractivity contribution in [1.29, 1.82) is 0 Å². The van der Waals surface area contributed by atoms with Gasteiger partial charge in [0.15, 0.2) is 0 Å². The Balaban J connectivity index is 2.01. The highest BCUT2D eigenvalue weighted by atomic mass is 16.3. The van der Waals surface area contributed by atoms with Gasteiger partial charge in [0.05, 0.1) is 17.6 Å². The van der Waals surface area contributed by atoms with Crippen molar-refractivity contribution in [3.05, 3.63) is 36.2 Å². The van der Waals surface area contributed by atoms with E-state index in [1.165, 1.54) is 0 Å². The number of aromatic hydroxyl groups is 1. The van der Waals surface area contributed by atoms with Crippen LogP contribution in [0.4, 0.5) is 5.69 Å². The molecule has 0 amide bonds. The van der Waals surface area contributed by atoms with Gasteiger partial charge in [0.2, 0.25) is 0 Å². The van der Waals surface area contributed by atoms with Crippen LogP contribution in [0.3, 0.4) is 0 Å². The van der Waals surface area contributed by atoms with Crippen LogP contribution in [0.25, 0.3) is 5.69 Å². The highest BCUT2D eigenvalue weighted by molar-refractivity contribution is 5.56. The molecule has 22 heavy (non-hydrogen) atoms. The summed E-state index contributed by atoms with van der Waals surface area (Å²) in [5.41, 5.74) is 9.03. The van der Waals surface area contributed by atoms with Crippen LogP contribution in [0.1, 0.15) is 38.3 Å². The summed E-state index contributed by atoms with van der Waals surface area (Å²) in [4.78, 5) is 2.36. The first-order valence-corrected chi connectivity index (χ1v) is 7.94. The van der Waals surface area contributed by atoms with E-state index >= 15 is 0 Å². The molecular weight excluding hydrogens is 276 g/mol. The Hall–Kier alpha value is -2.01. The van der Waals surface area contributed by atoms with Gasteiger partial charge < -0.3 is 15.7 Å². The van der Waals surface area contributed by atoms with Crippen molar-refractivity contribution in [2.45, 2.75) is 38.6 Å². The van der Waals surface area contributed by atoms with E-state index in [2.05, 4.69) is 23.8 Å². The second-order valence-corrected chi connectivity index (χ2v) is 6.29. The fourth-order valence-electron chi connectivity index (χ4n) is 3.11. The number of anilines is 1. The first kappa shape index (κ1) is 14.9. The molecule has 1 aromatic carbocycles. The minimum Gasteiger partial charge on any atom is -0.506 e. The molecule has 0 spiro atoms. The van der Waals surface area contributed by atoms with Crippen molar-refractivity contribution in [3.8, 4) is 11.4 Å². The molecule has 0 bridgehead atoms. The summed E-state index contributed by atoms with van der Waals surface area (Å²) in [6.45, 7) is 6.25. The summed E-state index contributed by atoms with van der Waals surface area (Å²) in [5.74, 6) is 0.562. The fourth-order valence-corrected chi connectivity index (χ4v) is 3.11. The number of aromatic nitrogens is 2. The lowest BCUT2D eigenvalue weighted by atomic mass is 10.0. The zero-order valence-corrected chi connectivity index (χ0v) is 13.2. The minimum atomic E-state index is 0.250. The lowest BCUT2D eigenvalue weighted by Gasteiger charge is -2.32. The standard InChI is InChI=1S/C17H24N4O/c1-12(2)17-15(20-9-7-13(18)8-10-20)11-19-21(17)14-5-3-4-6-16(14)22/h3-6,11-13,22H,7-10,18H2,1-2H3. The molecule has 2 aromatic rings. The van der Waals surface area contributed by atoms with Crippen LogP contribution in [0, 0.1) is 0 Å². The minimum absolute atomic E-state index is 0.250. The number of nitrogens with zero attached hydrogens (tertiary/aromatic N) is 3. The van der Waals surface area contributed by atoms with Gasteiger partial charge in [0, 0.05) is 19.1 Å². The second kappa shape index (κ2) is 6.01. The summed E-state index contributed by atoms with van der Waals surface area (Å²) in [6.07, 6.45) is 3.94. The van der Waals surface area contributed by atoms with Crippen molar-refractivity contribution in [1.82, 2.24) is 9.78 Å². The Morgan fingerprint density at radius 2 is 1.86 bits per heavy atom. The molecule has 0 saturated carbocycles. The average Bonchev–Trinajstić information content (AvgIpc) is 2.93. The quantitative estimate of drug-likeness (QED) is 0.914. The summed E-state index contributed by atoms with van der Waals surface area (Å²) in [7, 11) is 0. The topological polar surface area (TPSA) is 67.3 Å². The number of benzene rings is 1. The summed E-state index contributed by atoms with van der Waals surface area (Å²) in [6, 6.07) is 7.64. The number of piperidine rings is 1. The van der Waals surface area contributed by atoms with Crippen molar-refractivity contribution in [3.63, 3.8) is 0 Å². The molecular formula is C17H24N4O. The molecule has 1 saturated heterocycles. The molecule has 5 heteroatoms. The molecule has 1 aliphatic rings. The second-order valence-electron chi connectivity index (χ2n) is 6.29. The molecule has 5 nitrogen and oxygen atoms in total. The number of rotatable bonds is 3. The first-order valence-electron chi connectivity index (χ1n) is 7.94. The van der Waals surface area contributed by atoms with E-state index in [4.69, 9.17) is 5.73 Å². The van der Waals surface area contributed by atoms with E-state index in [9.17, 15) is 5.11 Å². The Kier molecular flexibility index (Phi) is 4.07. The van der Waals surface area contributed by atoms with Gasteiger partial charge in [0.25, 0.3) is 0 Å². The van der Waals surface area contributed by atoms with Crippen molar-refractivity contribution in [2.75, 3.05) is 18.0 Å². The van der Waals surface area contributed by atoms with Crippen LogP contribution in [-0.2, 0) is 0 Å². The van der Waals surface area contributed by atoms with Gasteiger partial charge in [0.1, 0.15) is 11.4 Å². The predicted octanol–water partition coefficient (Wildman–Crippen LogP) is 2.63. The maximum atomic E-state index is 10.1. The smallest absolute Gasteiger partial charge is 0.141 e. The molecule has 2 heterocycles. The van der Waals surface area contributed by atoms with Gasteiger partial charge in [-0.2, -0.15) is 5.10 Å². The maximum absolute atomic E-state index is 10.1. The largest absolute Gasteiger partial charge is 0.506 e. The van der Waals surface area contributed by atoms with Crippen LogP contribution in [-0.4, -0.2) is 34.0 Å². The number of para-hydroxylation sites is 2. The third-order valence-corrected chi connectivity index (χ3v) is 4.32. The molecule has 0 radical (unpaired) electrons. The molecule has 1 fully saturated rings. The predicted molar refractivity (Wildman–Crippen MR) is 88.7 cm³/mol. The Morgan fingerprint density at radius 3 is 2.50 bits per heavy atom.